The van der Waals surface area contributed by atoms with Crippen LogP contribution in [0.15, 0.2) is 53.5 Å². The van der Waals surface area contributed by atoms with E-state index in [2.05, 4.69) is 20.3 Å². The quantitative estimate of drug-likeness (QED) is 0.574. The van der Waals surface area contributed by atoms with Crippen LogP contribution >= 0.6 is 0 Å². The summed E-state index contributed by atoms with van der Waals surface area (Å²) in [6, 6.07) is 15.2. The number of hydrogen-bond acceptors (Lipinski definition) is 4. The average molecular weight is 307 g/mol. The lowest BCUT2D eigenvalue weighted by molar-refractivity contribution is 0.415. The zero-order valence-electron chi connectivity index (χ0n) is 12.9. The van der Waals surface area contributed by atoms with Crippen molar-refractivity contribution in [2.24, 2.45) is 10.7 Å². The highest BCUT2D eigenvalue weighted by atomic mass is 16.5. The van der Waals surface area contributed by atoms with Gasteiger partial charge in [-0.3, -0.25) is 0 Å². The second kappa shape index (κ2) is 6.31. The topological polar surface area (TPSA) is 85.4 Å². The van der Waals surface area contributed by atoms with Gasteiger partial charge in [0, 0.05) is 11.1 Å². The Hall–Kier alpha value is -3.15. The van der Waals surface area contributed by atoms with Crippen molar-refractivity contribution in [3.8, 4) is 5.75 Å². The van der Waals surface area contributed by atoms with Gasteiger partial charge in [0.05, 0.1) is 18.3 Å². The maximum absolute atomic E-state index is 5.92. The minimum Gasteiger partial charge on any atom is -0.497 e. The van der Waals surface area contributed by atoms with Crippen molar-refractivity contribution in [1.29, 1.82) is 0 Å². The number of para-hydroxylation sites is 1. The molecule has 0 aliphatic rings. The number of nitrogens with zero attached hydrogens (tertiary/aromatic N) is 3. The van der Waals surface area contributed by atoms with Gasteiger partial charge in [-0.05, 0) is 37.3 Å². The Morgan fingerprint density at radius 3 is 2.65 bits per heavy atom. The van der Waals surface area contributed by atoms with E-state index in [1.54, 1.807) is 7.11 Å². The molecule has 23 heavy (non-hydrogen) atoms. The van der Waals surface area contributed by atoms with Crippen LogP contribution in [0.2, 0.25) is 0 Å². The van der Waals surface area contributed by atoms with Crippen LogP contribution in [0, 0.1) is 6.92 Å². The lowest BCUT2D eigenvalue weighted by Gasteiger charge is -2.07. The predicted molar refractivity (Wildman–Crippen MR) is 92.2 cm³/mol. The van der Waals surface area contributed by atoms with Crippen LogP contribution in [0.1, 0.15) is 5.69 Å². The standard InChI is InChI=1S/C17H17N5O/c1-11-14-10-13(23-2)8-9-15(14)21-17(19-11)22-16(18)20-12-6-4-3-5-7-12/h3-10H,1-2H3,(H3,18,19,20,21,22). The van der Waals surface area contributed by atoms with Crippen LogP contribution in [-0.2, 0) is 0 Å². The molecule has 0 unspecified atom stereocenters. The van der Waals surface area contributed by atoms with Gasteiger partial charge in [-0.1, -0.05) is 18.2 Å². The Labute approximate surface area is 134 Å². The van der Waals surface area contributed by atoms with E-state index in [1.165, 1.54) is 0 Å². The maximum atomic E-state index is 5.92. The molecule has 0 aliphatic heterocycles. The van der Waals surface area contributed by atoms with Crippen LogP contribution in [0.4, 0.5) is 11.6 Å². The Balaban J connectivity index is 1.92. The Morgan fingerprint density at radius 2 is 1.91 bits per heavy atom. The van der Waals surface area contributed by atoms with Gasteiger partial charge in [-0.25, -0.2) is 9.97 Å². The number of nitrogens with two attached hydrogens (primary N) is 1. The summed E-state index contributed by atoms with van der Waals surface area (Å²) in [6.45, 7) is 1.91. The first-order valence-corrected chi connectivity index (χ1v) is 7.14. The molecule has 0 spiro atoms. The number of aryl methyl sites for hydroxylation is 1. The number of rotatable bonds is 3. The Bertz CT molecular complexity index is 861. The first-order chi connectivity index (χ1) is 11.2. The van der Waals surface area contributed by atoms with Crippen molar-refractivity contribution >= 4 is 28.5 Å². The lowest BCUT2D eigenvalue weighted by atomic mass is 10.2. The highest BCUT2D eigenvalue weighted by Crippen LogP contribution is 2.23. The third-order valence-corrected chi connectivity index (χ3v) is 3.35. The fourth-order valence-corrected chi connectivity index (χ4v) is 2.23. The number of ether oxygens (including phenoxy) is 1. The molecule has 0 radical (unpaired) electrons. The number of fused-ring (bicyclic) bond motifs is 1. The minimum atomic E-state index is 0.239. The number of guanidine groups is 1. The van der Waals surface area contributed by atoms with Gasteiger partial charge in [-0.15, -0.1) is 0 Å². The monoisotopic (exact) mass is 307 g/mol. The molecule has 0 saturated heterocycles. The molecular formula is C17H17N5O. The van der Waals surface area contributed by atoms with E-state index in [0.29, 0.717) is 5.95 Å². The van der Waals surface area contributed by atoms with Crippen molar-refractivity contribution in [2.75, 3.05) is 12.4 Å². The molecule has 6 nitrogen and oxygen atoms in total. The number of benzene rings is 2. The van der Waals surface area contributed by atoms with Gasteiger partial charge in [0.1, 0.15) is 5.75 Å². The molecule has 3 rings (SSSR count). The van der Waals surface area contributed by atoms with Crippen molar-refractivity contribution < 1.29 is 4.74 Å². The summed E-state index contributed by atoms with van der Waals surface area (Å²) in [6.07, 6.45) is 0. The molecular weight excluding hydrogens is 290 g/mol. The zero-order valence-corrected chi connectivity index (χ0v) is 12.9. The van der Waals surface area contributed by atoms with Crippen molar-refractivity contribution in [3.05, 3.63) is 54.2 Å². The molecule has 0 saturated carbocycles. The summed E-state index contributed by atoms with van der Waals surface area (Å²) in [5.74, 6) is 1.33. The Kier molecular flexibility index (Phi) is 4.05. The Morgan fingerprint density at radius 1 is 1.13 bits per heavy atom. The van der Waals surface area contributed by atoms with Crippen LogP contribution < -0.4 is 15.8 Å². The molecule has 3 aromatic rings. The van der Waals surface area contributed by atoms with Gasteiger partial charge in [0.25, 0.3) is 5.95 Å². The van der Waals surface area contributed by atoms with Gasteiger partial charge in [0.15, 0.2) is 0 Å². The van der Waals surface area contributed by atoms with Crippen LogP contribution in [0.3, 0.4) is 0 Å². The number of hydrogen-bond donors (Lipinski definition) is 2. The van der Waals surface area contributed by atoms with Gasteiger partial charge >= 0.3 is 0 Å². The molecule has 2 aromatic carbocycles. The molecule has 1 heterocycles. The number of nitrogens with one attached hydrogen (secondary N) is 1. The summed E-state index contributed by atoms with van der Waals surface area (Å²) in [4.78, 5) is 13.0. The lowest BCUT2D eigenvalue weighted by Crippen LogP contribution is -2.22. The number of anilines is 1. The molecule has 0 fully saturated rings. The fraction of sp³-hybridized carbons (Fsp3) is 0.118. The molecule has 3 N–H and O–H groups in total. The minimum absolute atomic E-state index is 0.239. The largest absolute Gasteiger partial charge is 0.497 e. The second-order valence-electron chi connectivity index (χ2n) is 4.98. The molecule has 0 atom stereocenters. The summed E-state index contributed by atoms with van der Waals surface area (Å²) >= 11 is 0. The molecule has 0 aliphatic carbocycles. The molecule has 1 aromatic heterocycles. The van der Waals surface area contributed by atoms with Crippen molar-refractivity contribution in [3.63, 3.8) is 0 Å². The second-order valence-corrected chi connectivity index (χ2v) is 4.98. The molecule has 6 heteroatoms. The highest BCUT2D eigenvalue weighted by Gasteiger charge is 2.06. The van der Waals surface area contributed by atoms with Crippen molar-refractivity contribution in [1.82, 2.24) is 9.97 Å². The molecule has 116 valence electrons. The summed E-state index contributed by atoms with van der Waals surface area (Å²) < 4.78 is 5.23. The first kappa shape index (κ1) is 14.8. The van der Waals surface area contributed by atoms with E-state index in [9.17, 15) is 0 Å². The summed E-state index contributed by atoms with van der Waals surface area (Å²) in [5, 5.41) is 3.93. The molecule has 0 bridgehead atoms. The van der Waals surface area contributed by atoms with Crippen LogP contribution in [-0.4, -0.2) is 23.0 Å². The van der Waals surface area contributed by atoms with Gasteiger partial charge < -0.3 is 15.8 Å². The number of aromatic nitrogens is 2. The first-order valence-electron chi connectivity index (χ1n) is 7.14. The van der Waals surface area contributed by atoms with E-state index in [0.717, 1.165) is 28.0 Å². The van der Waals surface area contributed by atoms with E-state index < -0.39 is 0 Å². The highest BCUT2D eigenvalue weighted by molar-refractivity contribution is 5.93. The SMILES string of the molecule is COc1ccc2nc(/N=C(\N)Nc3ccccc3)nc(C)c2c1. The van der Waals surface area contributed by atoms with E-state index in [4.69, 9.17) is 10.5 Å². The van der Waals surface area contributed by atoms with E-state index in [-0.39, 0.29) is 5.96 Å². The maximum Gasteiger partial charge on any atom is 0.253 e. The van der Waals surface area contributed by atoms with Crippen LogP contribution in [0.25, 0.3) is 10.9 Å². The third-order valence-electron chi connectivity index (χ3n) is 3.35. The number of methoxy groups -OCH3 is 1. The summed E-state index contributed by atoms with van der Waals surface area (Å²) in [7, 11) is 1.63. The van der Waals surface area contributed by atoms with E-state index >= 15 is 0 Å². The smallest absolute Gasteiger partial charge is 0.253 e. The fourth-order valence-electron chi connectivity index (χ4n) is 2.23. The average Bonchev–Trinajstić information content (AvgIpc) is 2.55. The van der Waals surface area contributed by atoms with Gasteiger partial charge in [-0.2, -0.15) is 4.99 Å². The third kappa shape index (κ3) is 3.37. The number of aliphatic imine (C=N–C) groups is 1. The molecule has 0 amide bonds. The van der Waals surface area contributed by atoms with E-state index in [1.807, 2.05) is 55.5 Å². The predicted octanol–water partition coefficient (Wildman–Crippen LogP) is 3.01. The van der Waals surface area contributed by atoms with Crippen molar-refractivity contribution in [2.45, 2.75) is 6.92 Å². The zero-order chi connectivity index (χ0) is 16.2. The van der Waals surface area contributed by atoms with Crippen LogP contribution in [0.5, 0.6) is 5.75 Å². The normalized spacial score (nSPS) is 11.5. The van der Waals surface area contributed by atoms with Gasteiger partial charge in [0.2, 0.25) is 5.96 Å². The summed E-state index contributed by atoms with van der Waals surface area (Å²) in [5.41, 5.74) is 8.39.